The highest BCUT2D eigenvalue weighted by molar-refractivity contribution is 6.32. The number of carbonyl (C=O) groups is 1. The summed E-state index contributed by atoms with van der Waals surface area (Å²) in [5.41, 5.74) is 0.614. The van der Waals surface area contributed by atoms with E-state index in [1.807, 2.05) is 13.0 Å². The van der Waals surface area contributed by atoms with Crippen LogP contribution in [-0.4, -0.2) is 38.8 Å². The minimum absolute atomic E-state index is 0.0143. The third-order valence-corrected chi connectivity index (χ3v) is 4.38. The van der Waals surface area contributed by atoms with Crippen molar-refractivity contribution in [3.8, 4) is 11.5 Å². The van der Waals surface area contributed by atoms with Crippen molar-refractivity contribution in [2.24, 2.45) is 0 Å². The van der Waals surface area contributed by atoms with Gasteiger partial charge in [-0.3, -0.25) is 9.78 Å². The van der Waals surface area contributed by atoms with Crippen molar-refractivity contribution >= 4 is 28.7 Å². The number of nitrogens with one attached hydrogen (secondary N) is 2. The molecule has 2 heterocycles. The van der Waals surface area contributed by atoms with E-state index in [4.69, 9.17) is 16.3 Å². The number of hydrogen-bond acceptors (Lipinski definition) is 6. The fourth-order valence-corrected chi connectivity index (χ4v) is 3.07. The van der Waals surface area contributed by atoms with Crippen LogP contribution in [0.3, 0.4) is 0 Å². The van der Waals surface area contributed by atoms with E-state index >= 15 is 0 Å². The van der Waals surface area contributed by atoms with Crippen LogP contribution in [0.4, 0.5) is 4.79 Å². The summed E-state index contributed by atoms with van der Waals surface area (Å²) in [7, 11) is 0. The first-order chi connectivity index (χ1) is 12.9. The highest BCUT2D eigenvalue weighted by Gasteiger charge is 2.19. The van der Waals surface area contributed by atoms with Crippen LogP contribution in [0.1, 0.15) is 19.4 Å². The first-order valence-corrected chi connectivity index (χ1v) is 8.86. The van der Waals surface area contributed by atoms with Crippen molar-refractivity contribution in [2.45, 2.75) is 26.8 Å². The summed E-state index contributed by atoms with van der Waals surface area (Å²) in [6.45, 7) is 4.40. The van der Waals surface area contributed by atoms with Crippen LogP contribution in [0.2, 0.25) is 5.02 Å². The lowest BCUT2D eigenvalue weighted by Crippen LogP contribution is -2.30. The van der Waals surface area contributed by atoms with Gasteiger partial charge in [0, 0.05) is 11.6 Å². The van der Waals surface area contributed by atoms with Gasteiger partial charge >= 0.3 is 11.8 Å². The van der Waals surface area contributed by atoms with Crippen molar-refractivity contribution in [3.63, 3.8) is 0 Å². The number of hydrogen-bond donors (Lipinski definition) is 2. The van der Waals surface area contributed by atoms with E-state index < -0.39 is 17.3 Å². The number of aromatic amines is 1. The standard InChI is InChI=1S/C17H18ClN5O4/c1-3-9-7-12-11(8-10(9)18)20-13-14(21-16(25)22-15(13)24)23(12)5-6-27-17(26)19-4-2/h7-8H,3-6H2,1-2H3,(H,19,26)(H,22,24,25). The highest BCUT2D eigenvalue weighted by Crippen LogP contribution is 2.27. The topological polar surface area (TPSA) is 119 Å². The van der Waals surface area contributed by atoms with Crippen molar-refractivity contribution < 1.29 is 9.53 Å². The van der Waals surface area contributed by atoms with E-state index in [1.54, 1.807) is 17.6 Å². The number of benzene rings is 1. The van der Waals surface area contributed by atoms with Gasteiger partial charge < -0.3 is 14.6 Å². The Morgan fingerprint density at radius 1 is 1.30 bits per heavy atom. The average molecular weight is 392 g/mol. The summed E-state index contributed by atoms with van der Waals surface area (Å²) >= 11 is 6.27. The zero-order valence-electron chi connectivity index (χ0n) is 14.8. The third-order valence-electron chi connectivity index (χ3n) is 4.03. The maximum Gasteiger partial charge on any atom is 0.407 e. The van der Waals surface area contributed by atoms with Gasteiger partial charge in [-0.25, -0.2) is 14.6 Å². The lowest BCUT2D eigenvalue weighted by atomic mass is 10.1. The zero-order valence-corrected chi connectivity index (χ0v) is 15.6. The monoisotopic (exact) mass is 391 g/mol. The quantitative estimate of drug-likeness (QED) is 0.637. The van der Waals surface area contributed by atoms with Crippen LogP contribution in [0.25, 0.3) is 22.6 Å². The summed E-state index contributed by atoms with van der Waals surface area (Å²) in [5.74, 6) is 0.125. The number of aryl methyl sites for hydroxylation is 1. The number of ether oxygens (including phenoxy) is 1. The third kappa shape index (κ3) is 3.77. The fourth-order valence-electron chi connectivity index (χ4n) is 2.78. The van der Waals surface area contributed by atoms with Crippen molar-refractivity contribution in [3.05, 3.63) is 43.6 Å². The first-order valence-electron chi connectivity index (χ1n) is 8.48. The number of halogens is 1. The van der Waals surface area contributed by atoms with Gasteiger partial charge in [0.05, 0.1) is 17.6 Å². The van der Waals surface area contributed by atoms with E-state index in [-0.39, 0.29) is 24.7 Å². The summed E-state index contributed by atoms with van der Waals surface area (Å²) in [6, 6.07) is 3.50. The van der Waals surface area contributed by atoms with Gasteiger partial charge in [-0.2, -0.15) is 4.98 Å². The summed E-state index contributed by atoms with van der Waals surface area (Å²) in [5, 5.41) is 3.06. The molecule has 0 aliphatic carbocycles. The fraction of sp³-hybridized carbons (Fsp3) is 0.353. The Bertz CT molecular complexity index is 1090. The maximum absolute atomic E-state index is 12.2. The molecule has 0 aromatic heterocycles. The van der Waals surface area contributed by atoms with Crippen LogP contribution in [0, 0.1) is 0 Å². The molecular formula is C17H18ClN5O4. The van der Waals surface area contributed by atoms with Crippen LogP contribution in [0.5, 0.6) is 0 Å². The van der Waals surface area contributed by atoms with Gasteiger partial charge in [0.2, 0.25) is 0 Å². The van der Waals surface area contributed by atoms with E-state index in [1.165, 1.54) is 0 Å². The molecule has 1 aromatic carbocycles. The van der Waals surface area contributed by atoms with E-state index in [2.05, 4.69) is 20.3 Å². The largest absolute Gasteiger partial charge is 0.448 e. The Labute approximate surface area is 158 Å². The predicted molar refractivity (Wildman–Crippen MR) is 100 cm³/mol. The van der Waals surface area contributed by atoms with Crippen molar-refractivity contribution in [1.82, 2.24) is 24.8 Å². The summed E-state index contributed by atoms with van der Waals surface area (Å²) < 4.78 is 6.76. The number of nitrogens with zero attached hydrogens (tertiary/aromatic N) is 3. The lowest BCUT2D eigenvalue weighted by molar-refractivity contribution is 0.143. The Hall–Kier alpha value is -2.94. The van der Waals surface area contributed by atoms with Crippen LogP contribution in [0.15, 0.2) is 21.7 Å². The summed E-state index contributed by atoms with van der Waals surface area (Å²) in [6.07, 6.45) is 0.144. The molecule has 0 atom stereocenters. The molecule has 9 nitrogen and oxygen atoms in total. The molecule has 142 valence electrons. The second kappa shape index (κ2) is 7.75. The molecule has 2 aliphatic heterocycles. The van der Waals surface area contributed by atoms with Crippen molar-refractivity contribution in [2.75, 3.05) is 13.2 Å². The molecule has 0 spiro atoms. The molecule has 0 radical (unpaired) electrons. The number of aromatic nitrogens is 4. The molecular weight excluding hydrogens is 374 g/mol. The lowest BCUT2D eigenvalue weighted by Gasteiger charge is -2.17. The van der Waals surface area contributed by atoms with E-state index in [9.17, 15) is 14.4 Å². The second-order valence-corrected chi connectivity index (χ2v) is 6.17. The van der Waals surface area contributed by atoms with Gasteiger partial charge in [0.25, 0.3) is 5.56 Å². The number of alkyl carbamates (subject to hydrolysis) is 1. The van der Waals surface area contributed by atoms with Crippen molar-refractivity contribution in [1.29, 1.82) is 0 Å². The van der Waals surface area contributed by atoms with Gasteiger partial charge in [0.15, 0.2) is 11.5 Å². The number of H-pyrrole nitrogens is 1. The van der Waals surface area contributed by atoms with Gasteiger partial charge in [-0.15, -0.1) is 0 Å². The molecule has 2 aliphatic rings. The molecule has 27 heavy (non-hydrogen) atoms. The number of rotatable bonds is 5. The normalized spacial score (nSPS) is 11.1. The Kier molecular flexibility index (Phi) is 5.41. The zero-order chi connectivity index (χ0) is 19.6. The molecule has 1 amide bonds. The second-order valence-electron chi connectivity index (χ2n) is 5.76. The van der Waals surface area contributed by atoms with Crippen LogP contribution in [-0.2, 0) is 17.7 Å². The number of fused-ring (bicyclic) bond motifs is 2. The molecule has 2 N–H and O–H groups in total. The SMILES string of the molecule is CCNC(=O)OCCn1c2nc(=O)[nH]c(=O)c-2nc2cc(Cl)c(CC)cc21. The van der Waals surface area contributed by atoms with E-state index in [0.717, 1.165) is 5.56 Å². The minimum atomic E-state index is -0.767. The van der Waals surface area contributed by atoms with Gasteiger partial charge in [-0.1, -0.05) is 18.5 Å². The number of carbonyl (C=O) groups excluding carboxylic acids is 1. The highest BCUT2D eigenvalue weighted by atomic mass is 35.5. The van der Waals surface area contributed by atoms with Gasteiger partial charge in [0.1, 0.15) is 6.61 Å². The van der Waals surface area contributed by atoms with Crippen LogP contribution >= 0.6 is 11.6 Å². The number of amides is 1. The molecule has 3 rings (SSSR count). The molecule has 0 unspecified atom stereocenters. The smallest absolute Gasteiger partial charge is 0.407 e. The average Bonchev–Trinajstić information content (AvgIpc) is 2.61. The Morgan fingerprint density at radius 2 is 2.07 bits per heavy atom. The molecule has 0 fully saturated rings. The molecule has 10 heteroatoms. The van der Waals surface area contributed by atoms with E-state index in [0.29, 0.717) is 29.0 Å². The van der Waals surface area contributed by atoms with Crippen LogP contribution < -0.4 is 16.6 Å². The molecule has 0 saturated carbocycles. The molecule has 0 bridgehead atoms. The first kappa shape index (κ1) is 18.8. The Balaban J connectivity index is 2.17. The van der Waals surface area contributed by atoms with Gasteiger partial charge in [-0.05, 0) is 31.0 Å². The molecule has 1 aromatic rings. The minimum Gasteiger partial charge on any atom is -0.448 e. The Morgan fingerprint density at radius 3 is 2.78 bits per heavy atom. The predicted octanol–water partition coefficient (Wildman–Crippen LogP) is 1.55. The summed E-state index contributed by atoms with van der Waals surface area (Å²) in [4.78, 5) is 45.7. The maximum atomic E-state index is 12.2. The molecule has 0 saturated heterocycles.